The van der Waals surface area contributed by atoms with Crippen LogP contribution in [0.1, 0.15) is 31.2 Å². The molecule has 2 aromatic heterocycles. The van der Waals surface area contributed by atoms with E-state index in [4.69, 9.17) is 14.8 Å². The van der Waals surface area contributed by atoms with E-state index in [1.165, 1.54) is 4.31 Å². The molecule has 1 aliphatic rings. The van der Waals surface area contributed by atoms with Crippen LogP contribution < -0.4 is 0 Å². The summed E-state index contributed by atoms with van der Waals surface area (Å²) in [5.41, 5.74) is 4.57. The third-order valence-corrected chi connectivity index (χ3v) is 9.93. The number of carbonyl (C=O) groups excluding carboxylic acids is 1. The predicted molar refractivity (Wildman–Crippen MR) is 171 cm³/mol. The van der Waals surface area contributed by atoms with E-state index in [2.05, 4.69) is 6.07 Å². The monoisotopic (exact) mass is 620 g/mol. The van der Waals surface area contributed by atoms with Crippen molar-refractivity contribution in [3.05, 3.63) is 96.4 Å². The summed E-state index contributed by atoms with van der Waals surface area (Å²) in [6, 6.07) is 26.2. The van der Waals surface area contributed by atoms with E-state index in [0.717, 1.165) is 16.7 Å². The van der Waals surface area contributed by atoms with Crippen molar-refractivity contribution in [1.82, 2.24) is 23.6 Å². The molecule has 0 radical (unpaired) electrons. The van der Waals surface area contributed by atoms with Crippen LogP contribution in [0, 0.1) is 17.2 Å². The summed E-state index contributed by atoms with van der Waals surface area (Å²) >= 11 is 0. The zero-order valence-corrected chi connectivity index (χ0v) is 25.8. The highest BCUT2D eigenvalue weighted by atomic mass is 32.2. The van der Waals surface area contributed by atoms with Gasteiger partial charge in [-0.15, -0.1) is 0 Å². The van der Waals surface area contributed by atoms with Crippen molar-refractivity contribution in [1.29, 1.82) is 5.26 Å². The minimum Gasteiger partial charge on any atom is -0.466 e. The van der Waals surface area contributed by atoms with Gasteiger partial charge in [-0.25, -0.2) is 18.1 Å². The lowest BCUT2D eigenvalue weighted by atomic mass is 9.98. The van der Waals surface area contributed by atoms with Crippen molar-refractivity contribution in [3.8, 4) is 23.0 Å². The highest BCUT2D eigenvalue weighted by Crippen LogP contribution is 2.32. The molecule has 3 aromatic carbocycles. The highest BCUT2D eigenvalue weighted by molar-refractivity contribution is 7.89. The smallest absolute Gasteiger partial charge is 0.309 e. The number of piperidine rings is 1. The van der Waals surface area contributed by atoms with Crippen LogP contribution in [-0.2, 0) is 26.6 Å². The number of nitrogens with zero attached hydrogens (tertiary/aromatic N) is 6. The molecule has 45 heavy (non-hydrogen) atoms. The van der Waals surface area contributed by atoms with Crippen molar-refractivity contribution < 1.29 is 17.9 Å². The first-order valence-corrected chi connectivity index (χ1v) is 16.2. The molecule has 0 spiro atoms. The molecule has 0 N–H and O–H groups in total. The van der Waals surface area contributed by atoms with E-state index in [9.17, 15) is 18.5 Å². The summed E-state index contributed by atoms with van der Waals surface area (Å²) in [7, 11) is -1.97. The van der Waals surface area contributed by atoms with Crippen LogP contribution in [0.25, 0.3) is 39.6 Å². The Morgan fingerprint density at radius 3 is 2.49 bits per heavy atom. The highest BCUT2D eigenvalue weighted by Gasteiger charge is 2.33. The second-order valence-corrected chi connectivity index (χ2v) is 12.8. The molecule has 5 aromatic rings. The fraction of sp³-hybridized carbons (Fsp3) is 0.235. The maximum atomic E-state index is 13.7. The molecule has 1 aliphatic heterocycles. The van der Waals surface area contributed by atoms with Gasteiger partial charge < -0.3 is 9.30 Å². The zero-order valence-electron chi connectivity index (χ0n) is 25.0. The second kappa shape index (κ2) is 12.5. The van der Waals surface area contributed by atoms with Gasteiger partial charge in [0.25, 0.3) is 0 Å². The number of aromatic nitrogens is 4. The number of esters is 1. The Balaban J connectivity index is 1.39. The molecule has 0 bridgehead atoms. The molecule has 3 heterocycles. The van der Waals surface area contributed by atoms with Crippen LogP contribution >= 0.6 is 0 Å². The van der Waals surface area contributed by atoms with E-state index in [1.54, 1.807) is 35.9 Å². The largest absolute Gasteiger partial charge is 0.466 e. The SMILES string of the molecule is CCOC(=O)C1CCN(S(=O)(=O)c2cccc(-c3nn(-c4ccccc4)cc3/C=C(/C#N)c3nc4ccccc4n3C)c2)CC1. The summed E-state index contributed by atoms with van der Waals surface area (Å²) in [5, 5.41) is 15.1. The van der Waals surface area contributed by atoms with Crippen LogP contribution in [0.2, 0.25) is 0 Å². The van der Waals surface area contributed by atoms with E-state index >= 15 is 0 Å². The number of sulfonamides is 1. The third kappa shape index (κ3) is 5.90. The van der Waals surface area contributed by atoms with Gasteiger partial charge in [-0.3, -0.25) is 4.79 Å². The first kappa shape index (κ1) is 30.0. The van der Waals surface area contributed by atoms with Crippen LogP contribution in [0.4, 0.5) is 0 Å². The summed E-state index contributed by atoms with van der Waals surface area (Å²) in [4.78, 5) is 17.0. The van der Waals surface area contributed by atoms with Crippen LogP contribution in [0.15, 0.2) is 90.0 Å². The van der Waals surface area contributed by atoms with Crippen molar-refractivity contribution in [2.24, 2.45) is 13.0 Å². The van der Waals surface area contributed by atoms with E-state index in [1.807, 2.05) is 78.5 Å². The summed E-state index contributed by atoms with van der Waals surface area (Å²) in [5.74, 6) is -0.0640. The molecule has 0 amide bonds. The average molecular weight is 621 g/mol. The number of allylic oxidation sites excluding steroid dienone is 1. The van der Waals surface area contributed by atoms with Gasteiger partial charge in [0.1, 0.15) is 11.8 Å². The number of nitriles is 1. The van der Waals surface area contributed by atoms with Crippen LogP contribution in [0.5, 0.6) is 0 Å². The number of benzene rings is 3. The summed E-state index contributed by atoms with van der Waals surface area (Å²) in [6.07, 6.45) is 4.39. The number of fused-ring (bicyclic) bond motifs is 1. The standard InChI is InChI=1S/C34H32N6O4S/c1-3-44-34(41)24-16-18-39(19-17-24)45(42,43)29-13-9-10-25(21-29)32-27(23-40(37-32)28-11-5-4-6-12-28)20-26(22-35)33-36-30-14-7-8-15-31(30)38(33)2/h4-15,20-21,23-24H,3,16-19H2,1-2H3/b26-20-. The second-order valence-electron chi connectivity index (χ2n) is 10.8. The number of rotatable bonds is 8. The average Bonchev–Trinajstić information content (AvgIpc) is 3.65. The first-order valence-electron chi connectivity index (χ1n) is 14.8. The van der Waals surface area contributed by atoms with Crippen LogP contribution in [0.3, 0.4) is 0 Å². The Labute approximate surface area is 261 Å². The maximum Gasteiger partial charge on any atom is 0.309 e. The Kier molecular flexibility index (Phi) is 8.34. The molecule has 228 valence electrons. The molecule has 10 nitrogen and oxygen atoms in total. The van der Waals surface area contributed by atoms with Crippen molar-refractivity contribution in [2.75, 3.05) is 19.7 Å². The lowest BCUT2D eigenvalue weighted by molar-refractivity contribution is -0.149. The fourth-order valence-electron chi connectivity index (χ4n) is 5.66. The molecular weight excluding hydrogens is 588 g/mol. The number of ether oxygens (including phenoxy) is 1. The van der Waals surface area contributed by atoms with Crippen molar-refractivity contribution in [2.45, 2.75) is 24.7 Å². The quantitative estimate of drug-likeness (QED) is 0.167. The van der Waals surface area contributed by atoms with Gasteiger partial charge >= 0.3 is 5.97 Å². The Morgan fingerprint density at radius 2 is 1.78 bits per heavy atom. The molecule has 1 saturated heterocycles. The number of para-hydroxylation sites is 3. The van der Waals surface area contributed by atoms with Gasteiger partial charge in [0, 0.05) is 37.5 Å². The molecule has 0 saturated carbocycles. The number of aryl methyl sites for hydroxylation is 1. The molecule has 0 atom stereocenters. The topological polar surface area (TPSA) is 123 Å². The van der Waals surface area contributed by atoms with E-state index < -0.39 is 10.0 Å². The molecule has 0 unspecified atom stereocenters. The van der Waals surface area contributed by atoms with Gasteiger partial charge in [0.2, 0.25) is 10.0 Å². The minimum absolute atomic E-state index is 0.134. The fourth-order valence-corrected chi connectivity index (χ4v) is 7.18. The Bertz CT molecular complexity index is 2050. The number of hydrogen-bond donors (Lipinski definition) is 0. The normalized spacial score (nSPS) is 14.8. The molecule has 0 aliphatic carbocycles. The summed E-state index contributed by atoms with van der Waals surface area (Å²) < 4.78 is 37.6. The predicted octanol–water partition coefficient (Wildman–Crippen LogP) is 5.45. The first-order chi connectivity index (χ1) is 21.8. The number of carbonyl (C=O) groups is 1. The maximum absolute atomic E-state index is 13.7. The molecular formula is C34H32N6O4S. The molecule has 11 heteroatoms. The molecule has 1 fully saturated rings. The Hall–Kier alpha value is -5.05. The van der Waals surface area contributed by atoms with Gasteiger partial charge in [-0.1, -0.05) is 42.5 Å². The van der Waals surface area contributed by atoms with E-state index in [-0.39, 0.29) is 29.9 Å². The lowest BCUT2D eigenvalue weighted by Gasteiger charge is -2.30. The third-order valence-electron chi connectivity index (χ3n) is 8.03. The summed E-state index contributed by atoms with van der Waals surface area (Å²) in [6.45, 7) is 2.53. The van der Waals surface area contributed by atoms with Crippen LogP contribution in [-0.4, -0.2) is 57.7 Å². The Morgan fingerprint density at radius 1 is 1.04 bits per heavy atom. The number of imidazole rings is 1. The van der Waals surface area contributed by atoms with Gasteiger partial charge in [-0.2, -0.15) is 14.7 Å². The van der Waals surface area contributed by atoms with Crippen molar-refractivity contribution >= 4 is 38.7 Å². The minimum atomic E-state index is -3.84. The van der Waals surface area contributed by atoms with Gasteiger partial charge in [0.05, 0.1) is 39.7 Å². The lowest BCUT2D eigenvalue weighted by Crippen LogP contribution is -2.40. The van der Waals surface area contributed by atoms with Crippen molar-refractivity contribution in [3.63, 3.8) is 0 Å². The number of hydrogen-bond acceptors (Lipinski definition) is 7. The van der Waals surface area contributed by atoms with Gasteiger partial charge in [0.15, 0.2) is 5.82 Å². The van der Waals surface area contributed by atoms with Gasteiger partial charge in [-0.05, 0) is 62.2 Å². The zero-order chi connectivity index (χ0) is 31.6. The van der Waals surface area contributed by atoms with E-state index in [0.29, 0.717) is 47.7 Å². The molecule has 6 rings (SSSR count).